The molecule has 8 unspecified atom stereocenters. The monoisotopic (exact) mass is 636 g/mol. The predicted octanol–water partition coefficient (Wildman–Crippen LogP) is 2.13. The van der Waals surface area contributed by atoms with Crippen LogP contribution in [0.5, 0.6) is 0 Å². The Morgan fingerprint density at radius 2 is 1.93 bits per heavy atom. The lowest BCUT2D eigenvalue weighted by molar-refractivity contribution is -0.156. The minimum Gasteiger partial charge on any atom is -0.396 e. The van der Waals surface area contributed by atoms with Crippen LogP contribution in [-0.2, 0) is 25.1 Å². The molecule has 4 fully saturated rings. The van der Waals surface area contributed by atoms with Crippen molar-refractivity contribution in [2.75, 3.05) is 37.0 Å². The van der Waals surface area contributed by atoms with E-state index in [4.69, 9.17) is 18.5 Å². The van der Waals surface area contributed by atoms with Gasteiger partial charge in [-0.15, -0.1) is 11.8 Å². The number of aliphatic hydroxyl groups is 3. The average Bonchev–Trinajstić information content (AvgIpc) is 3.77. The first-order chi connectivity index (χ1) is 20.6. The lowest BCUT2D eigenvalue weighted by Crippen LogP contribution is -2.50. The van der Waals surface area contributed by atoms with Gasteiger partial charge in [-0.25, -0.2) is 9.88 Å². The second-order valence-electron chi connectivity index (χ2n) is 12.4. The molecule has 1 aliphatic carbocycles. The lowest BCUT2D eigenvalue weighted by Gasteiger charge is -2.33. The maximum Gasteiger partial charge on any atom is 0.351 e. The molecule has 0 amide bonds. The number of hydrogen-bond donors (Lipinski definition) is 4. The van der Waals surface area contributed by atoms with E-state index < -0.39 is 43.9 Å². The summed E-state index contributed by atoms with van der Waals surface area (Å²) in [6.07, 6.45) is 0.872. The highest BCUT2D eigenvalue weighted by atomic mass is 32.2. The Kier molecular flexibility index (Phi) is 8.95. The van der Waals surface area contributed by atoms with Crippen LogP contribution in [0.2, 0.25) is 0 Å². The Morgan fingerprint density at radius 1 is 1.19 bits per heavy atom. The Bertz CT molecular complexity index is 1330. The number of benzene rings is 1. The summed E-state index contributed by atoms with van der Waals surface area (Å²) >= 11 is 1.62. The van der Waals surface area contributed by atoms with Gasteiger partial charge in [-0.3, -0.25) is 4.57 Å². The van der Waals surface area contributed by atoms with Gasteiger partial charge >= 0.3 is 5.69 Å². The number of epoxide rings is 1. The number of rotatable bonds is 14. The topological polar surface area (TPSA) is 151 Å². The average molecular weight is 637 g/mol. The summed E-state index contributed by atoms with van der Waals surface area (Å²) < 4.78 is 25.3. The quantitative estimate of drug-likeness (QED) is 0.137. The second kappa shape index (κ2) is 12.3. The molecule has 43 heavy (non-hydrogen) atoms. The van der Waals surface area contributed by atoms with Gasteiger partial charge in [0.1, 0.15) is 35.2 Å². The number of aromatic nitrogens is 2. The molecule has 4 N–H and O–H groups in total. The normalized spacial score (nSPS) is 33.9. The van der Waals surface area contributed by atoms with Gasteiger partial charge < -0.3 is 38.7 Å². The third-order valence-corrected chi connectivity index (χ3v) is 11.1. The SMILES string of the molecule is CC(C)(CO)C1OC1SCCOP(NCc1ccccc1)OC1C2OC(n3ccc(N4CCCC4)nc3=O)C(C)(O)C21O. The number of nitrogens with zero attached hydrogens (tertiary/aromatic N) is 3. The van der Waals surface area contributed by atoms with Crippen LogP contribution in [0.3, 0.4) is 0 Å². The zero-order valence-corrected chi connectivity index (χ0v) is 26.4. The number of thioether (sulfide) groups is 1. The molecule has 3 aliphatic heterocycles. The van der Waals surface area contributed by atoms with E-state index >= 15 is 0 Å². The van der Waals surface area contributed by atoms with E-state index in [1.54, 1.807) is 24.0 Å². The molecule has 6 rings (SSSR count). The number of aliphatic hydroxyl groups excluding tert-OH is 1. The number of hydrogen-bond acceptors (Lipinski definition) is 12. The van der Waals surface area contributed by atoms with Crippen molar-refractivity contribution in [1.29, 1.82) is 0 Å². The Balaban J connectivity index is 1.08. The van der Waals surface area contributed by atoms with Crippen molar-refractivity contribution in [2.24, 2.45) is 5.41 Å². The van der Waals surface area contributed by atoms with Crippen LogP contribution in [0.4, 0.5) is 5.82 Å². The summed E-state index contributed by atoms with van der Waals surface area (Å²) in [5, 5.41) is 36.0. The van der Waals surface area contributed by atoms with E-state index in [0.29, 0.717) is 24.7 Å². The van der Waals surface area contributed by atoms with E-state index in [1.807, 2.05) is 44.2 Å². The molecule has 3 saturated heterocycles. The predicted molar refractivity (Wildman–Crippen MR) is 162 cm³/mol. The Hall–Kier alpha value is -1.64. The van der Waals surface area contributed by atoms with Gasteiger partial charge in [-0.05, 0) is 31.4 Å². The molecule has 8 atom stereocenters. The van der Waals surface area contributed by atoms with Crippen LogP contribution in [0.25, 0.3) is 0 Å². The first-order valence-corrected chi connectivity index (χ1v) is 17.0. The fourth-order valence-electron chi connectivity index (χ4n) is 5.83. The molecule has 12 nitrogen and oxygen atoms in total. The van der Waals surface area contributed by atoms with E-state index in [2.05, 4.69) is 15.0 Å². The first-order valence-electron chi connectivity index (χ1n) is 14.8. The fourth-order valence-corrected chi connectivity index (χ4v) is 8.38. The first kappa shape index (κ1) is 31.3. The van der Waals surface area contributed by atoms with Crippen molar-refractivity contribution >= 4 is 26.1 Å². The van der Waals surface area contributed by atoms with Gasteiger partial charge in [-0.1, -0.05) is 44.2 Å². The highest BCUT2D eigenvalue weighted by Crippen LogP contribution is 2.63. The maximum absolute atomic E-state index is 12.9. The fraction of sp³-hybridized carbons (Fsp3) is 0.655. The van der Waals surface area contributed by atoms with Crippen molar-refractivity contribution in [1.82, 2.24) is 14.6 Å². The third-order valence-electron chi connectivity index (χ3n) is 8.77. The lowest BCUT2D eigenvalue weighted by atomic mass is 9.91. The molecule has 4 heterocycles. The van der Waals surface area contributed by atoms with Crippen LogP contribution in [-0.4, -0.2) is 91.9 Å². The van der Waals surface area contributed by atoms with Crippen molar-refractivity contribution in [2.45, 2.75) is 81.3 Å². The summed E-state index contributed by atoms with van der Waals surface area (Å²) in [4.78, 5) is 19.2. The largest absolute Gasteiger partial charge is 0.396 e. The van der Waals surface area contributed by atoms with Crippen molar-refractivity contribution in [3.8, 4) is 0 Å². The highest BCUT2D eigenvalue weighted by molar-refractivity contribution is 8.00. The molecule has 2 aromatic rings. The van der Waals surface area contributed by atoms with Crippen molar-refractivity contribution in [3.05, 3.63) is 58.6 Å². The van der Waals surface area contributed by atoms with Gasteiger partial charge in [0.15, 0.2) is 11.8 Å². The third kappa shape index (κ3) is 6.14. The van der Waals surface area contributed by atoms with E-state index in [9.17, 15) is 20.1 Å². The van der Waals surface area contributed by atoms with Gasteiger partial charge in [0.05, 0.1) is 13.2 Å². The molecule has 1 saturated carbocycles. The van der Waals surface area contributed by atoms with Gasteiger partial charge in [0.25, 0.3) is 8.53 Å². The van der Waals surface area contributed by atoms with Crippen LogP contribution >= 0.6 is 20.3 Å². The summed E-state index contributed by atoms with van der Waals surface area (Å²) in [6.45, 7) is 8.03. The van der Waals surface area contributed by atoms with Crippen molar-refractivity contribution < 1.29 is 33.8 Å². The smallest absolute Gasteiger partial charge is 0.351 e. The Morgan fingerprint density at radius 3 is 2.58 bits per heavy atom. The number of anilines is 1. The minimum atomic E-state index is -1.82. The van der Waals surface area contributed by atoms with E-state index in [1.165, 1.54) is 11.5 Å². The zero-order valence-electron chi connectivity index (χ0n) is 24.7. The number of fused-ring (bicyclic) bond motifs is 1. The molecule has 0 radical (unpaired) electrons. The molecule has 0 bridgehead atoms. The molecular weight excluding hydrogens is 595 g/mol. The summed E-state index contributed by atoms with van der Waals surface area (Å²) in [5.74, 6) is 1.25. The summed E-state index contributed by atoms with van der Waals surface area (Å²) in [5.41, 5.74) is -3.34. The second-order valence-corrected chi connectivity index (χ2v) is 14.9. The maximum atomic E-state index is 12.9. The molecule has 0 spiro atoms. The molecule has 14 heteroatoms. The van der Waals surface area contributed by atoms with Gasteiger partial charge in [0.2, 0.25) is 0 Å². The molecule has 1 aromatic carbocycles. The van der Waals surface area contributed by atoms with Gasteiger partial charge in [0, 0.05) is 37.0 Å². The zero-order chi connectivity index (χ0) is 30.4. The molecule has 4 aliphatic rings. The summed E-state index contributed by atoms with van der Waals surface area (Å²) in [7, 11) is -1.67. The Labute approximate surface area is 256 Å². The minimum absolute atomic E-state index is 0.00278. The molecular formula is C29H41N4O8PS. The van der Waals surface area contributed by atoms with Gasteiger partial charge in [-0.2, -0.15) is 4.98 Å². The highest BCUT2D eigenvalue weighted by Gasteiger charge is 2.83. The molecule has 1 aromatic heterocycles. The van der Waals surface area contributed by atoms with E-state index in [0.717, 1.165) is 31.5 Å². The number of nitrogens with one attached hydrogen (secondary N) is 1. The van der Waals surface area contributed by atoms with Crippen LogP contribution in [0, 0.1) is 5.41 Å². The van der Waals surface area contributed by atoms with Crippen LogP contribution in [0.15, 0.2) is 47.4 Å². The molecule has 236 valence electrons. The van der Waals surface area contributed by atoms with Crippen molar-refractivity contribution in [3.63, 3.8) is 0 Å². The van der Waals surface area contributed by atoms with E-state index in [-0.39, 0.29) is 23.6 Å². The number of ether oxygens (including phenoxy) is 2. The summed E-state index contributed by atoms with van der Waals surface area (Å²) in [6, 6.07) is 11.6. The van der Waals surface area contributed by atoms with Crippen LogP contribution in [0.1, 0.15) is 45.4 Å². The standard InChI is InChI=1S/C29H41N4O8PS/c1-27(2,18-34)23-24(39-23)43-16-15-38-42(30-17-19-9-5-4-6-10-19)41-22-21-29(22,37)28(3,36)25(40-21)33-14-11-20(31-26(33)35)32-12-7-8-13-32/h4-6,9-11,14,21-25,30,34,36-37H,7-8,12-13,15-18H2,1-3H3. The van der Waals surface area contributed by atoms with Crippen LogP contribution < -0.4 is 15.7 Å².